The summed E-state index contributed by atoms with van der Waals surface area (Å²) in [5.74, 6) is 0. The van der Waals surface area contributed by atoms with E-state index in [0.717, 1.165) is 31.0 Å². The molecule has 1 aliphatic rings. The fraction of sp³-hybridized carbons (Fsp3) is 0.500. The summed E-state index contributed by atoms with van der Waals surface area (Å²) < 4.78 is 0. The van der Waals surface area contributed by atoms with Crippen molar-refractivity contribution < 1.29 is 0 Å². The summed E-state index contributed by atoms with van der Waals surface area (Å²) in [5.41, 5.74) is 7.52. The van der Waals surface area contributed by atoms with E-state index in [4.69, 9.17) is 18.0 Å². The van der Waals surface area contributed by atoms with Crippen molar-refractivity contribution in [1.29, 1.82) is 0 Å². The van der Waals surface area contributed by atoms with E-state index < -0.39 is 0 Å². The Morgan fingerprint density at radius 2 is 2.29 bits per heavy atom. The average Bonchev–Trinajstić information content (AvgIpc) is 2.29. The minimum Gasteiger partial charge on any atom is -0.388 e. The summed E-state index contributed by atoms with van der Waals surface area (Å²) in [7, 11) is 2.14. The Kier molecular flexibility index (Phi) is 3.59. The Balaban J connectivity index is 2.30. The van der Waals surface area contributed by atoms with Crippen LogP contribution in [-0.4, -0.2) is 47.6 Å². The van der Waals surface area contributed by atoms with Gasteiger partial charge in [-0.05, 0) is 26.1 Å². The highest BCUT2D eigenvalue weighted by molar-refractivity contribution is 7.80. The molecule has 4 nitrogen and oxygen atoms in total. The van der Waals surface area contributed by atoms with Crippen LogP contribution in [0.25, 0.3) is 0 Å². The molecule has 0 saturated carbocycles. The molecule has 1 atom stereocenters. The first-order chi connectivity index (χ1) is 8.09. The van der Waals surface area contributed by atoms with Crippen molar-refractivity contribution >= 4 is 22.9 Å². The van der Waals surface area contributed by atoms with Gasteiger partial charge in [-0.3, -0.25) is 4.98 Å². The molecule has 2 heterocycles. The molecule has 2 rings (SSSR count). The summed E-state index contributed by atoms with van der Waals surface area (Å²) in [6.45, 7) is 5.30. The molecule has 0 radical (unpaired) electrons. The number of nitrogens with zero attached hydrogens (tertiary/aromatic N) is 3. The predicted molar refractivity (Wildman–Crippen MR) is 74.4 cm³/mol. The number of pyridine rings is 1. The number of rotatable bonds is 2. The van der Waals surface area contributed by atoms with Gasteiger partial charge in [0.2, 0.25) is 0 Å². The van der Waals surface area contributed by atoms with Crippen LogP contribution in [0.2, 0.25) is 0 Å². The topological polar surface area (TPSA) is 45.4 Å². The summed E-state index contributed by atoms with van der Waals surface area (Å²) in [6.07, 6.45) is 1.73. The highest BCUT2D eigenvalue weighted by Gasteiger charge is 2.24. The first-order valence-electron chi connectivity index (χ1n) is 5.79. The second-order valence-corrected chi connectivity index (χ2v) is 4.98. The van der Waals surface area contributed by atoms with Gasteiger partial charge in [0, 0.05) is 31.9 Å². The van der Waals surface area contributed by atoms with Crippen molar-refractivity contribution in [2.45, 2.75) is 13.0 Å². The van der Waals surface area contributed by atoms with Gasteiger partial charge in [-0.15, -0.1) is 0 Å². The minimum absolute atomic E-state index is 0.367. The number of anilines is 1. The van der Waals surface area contributed by atoms with Gasteiger partial charge in [-0.1, -0.05) is 12.2 Å². The molecule has 1 unspecified atom stereocenters. The quantitative estimate of drug-likeness (QED) is 0.789. The fourth-order valence-corrected chi connectivity index (χ4v) is 2.47. The molecule has 92 valence electrons. The van der Waals surface area contributed by atoms with Crippen LogP contribution in [0, 0.1) is 0 Å². The van der Waals surface area contributed by atoms with Crippen LogP contribution in [0.3, 0.4) is 0 Å². The van der Waals surface area contributed by atoms with E-state index in [0.29, 0.717) is 11.0 Å². The maximum absolute atomic E-state index is 5.73. The zero-order valence-corrected chi connectivity index (χ0v) is 11.1. The molecule has 1 fully saturated rings. The first kappa shape index (κ1) is 12.3. The molecule has 0 aliphatic carbocycles. The Labute approximate surface area is 107 Å². The minimum atomic E-state index is 0.367. The Morgan fingerprint density at radius 3 is 2.94 bits per heavy atom. The number of thiocarbonyl (C=S) groups is 1. The van der Waals surface area contributed by atoms with Gasteiger partial charge < -0.3 is 15.5 Å². The molecular weight excluding hydrogens is 232 g/mol. The van der Waals surface area contributed by atoms with E-state index in [1.807, 2.05) is 12.1 Å². The molecule has 0 amide bonds. The van der Waals surface area contributed by atoms with Crippen molar-refractivity contribution in [1.82, 2.24) is 9.88 Å². The van der Waals surface area contributed by atoms with Crippen molar-refractivity contribution in [3.8, 4) is 0 Å². The molecule has 1 aromatic heterocycles. The maximum atomic E-state index is 5.73. The largest absolute Gasteiger partial charge is 0.388 e. The molecule has 2 N–H and O–H groups in total. The van der Waals surface area contributed by atoms with Crippen LogP contribution in [0.15, 0.2) is 18.3 Å². The van der Waals surface area contributed by atoms with Crippen LogP contribution in [0.1, 0.15) is 12.6 Å². The van der Waals surface area contributed by atoms with E-state index in [1.165, 1.54) is 0 Å². The van der Waals surface area contributed by atoms with E-state index in [2.05, 4.69) is 28.8 Å². The molecule has 1 aliphatic heterocycles. The SMILES string of the molecule is CC1CN(C)CCN1c1cccnc1C(N)=S. The van der Waals surface area contributed by atoms with Gasteiger partial charge in [0.25, 0.3) is 0 Å². The van der Waals surface area contributed by atoms with Gasteiger partial charge in [-0.25, -0.2) is 0 Å². The third kappa shape index (κ3) is 2.56. The molecule has 0 aromatic carbocycles. The van der Waals surface area contributed by atoms with Crippen LogP contribution in [0.5, 0.6) is 0 Å². The van der Waals surface area contributed by atoms with E-state index in [9.17, 15) is 0 Å². The van der Waals surface area contributed by atoms with E-state index in [1.54, 1.807) is 6.20 Å². The third-order valence-electron chi connectivity index (χ3n) is 3.16. The zero-order chi connectivity index (χ0) is 12.4. The van der Waals surface area contributed by atoms with Crippen molar-refractivity contribution in [3.05, 3.63) is 24.0 Å². The van der Waals surface area contributed by atoms with Gasteiger partial charge in [0.15, 0.2) is 0 Å². The third-order valence-corrected chi connectivity index (χ3v) is 3.35. The number of hydrogen-bond donors (Lipinski definition) is 1. The number of hydrogen-bond acceptors (Lipinski definition) is 4. The lowest BCUT2D eigenvalue weighted by atomic mass is 10.1. The Bertz CT molecular complexity index is 421. The van der Waals surface area contributed by atoms with Gasteiger partial charge in [-0.2, -0.15) is 0 Å². The number of nitrogens with two attached hydrogens (primary N) is 1. The molecule has 1 aromatic rings. The molecule has 0 bridgehead atoms. The lowest BCUT2D eigenvalue weighted by Crippen LogP contribution is -2.51. The number of piperazine rings is 1. The van der Waals surface area contributed by atoms with Gasteiger partial charge in [0.1, 0.15) is 10.7 Å². The zero-order valence-electron chi connectivity index (χ0n) is 10.3. The van der Waals surface area contributed by atoms with Crippen LogP contribution in [0.4, 0.5) is 5.69 Å². The van der Waals surface area contributed by atoms with Gasteiger partial charge in [0.05, 0.1) is 5.69 Å². The Morgan fingerprint density at radius 1 is 1.53 bits per heavy atom. The maximum Gasteiger partial charge on any atom is 0.124 e. The Hall–Kier alpha value is -1.20. The fourth-order valence-electron chi connectivity index (χ4n) is 2.32. The van der Waals surface area contributed by atoms with Crippen molar-refractivity contribution in [3.63, 3.8) is 0 Å². The molecule has 0 spiro atoms. The van der Waals surface area contributed by atoms with Crippen LogP contribution < -0.4 is 10.6 Å². The molecular formula is C12H18N4S. The number of likely N-dealkylation sites (N-methyl/N-ethyl adjacent to an activating group) is 1. The molecule has 17 heavy (non-hydrogen) atoms. The summed E-state index contributed by atoms with van der Waals surface area (Å²) >= 11 is 5.06. The normalized spacial score (nSPS) is 21.5. The first-order valence-corrected chi connectivity index (χ1v) is 6.20. The van der Waals surface area contributed by atoms with Crippen LogP contribution >= 0.6 is 12.2 Å². The molecule has 5 heteroatoms. The van der Waals surface area contributed by atoms with E-state index in [-0.39, 0.29) is 0 Å². The summed E-state index contributed by atoms with van der Waals surface area (Å²) in [6, 6.07) is 4.43. The van der Waals surface area contributed by atoms with Gasteiger partial charge >= 0.3 is 0 Å². The monoisotopic (exact) mass is 250 g/mol. The lowest BCUT2D eigenvalue weighted by Gasteiger charge is -2.40. The standard InChI is InChI=1S/C12H18N4S/c1-9-8-15(2)6-7-16(9)10-4-3-5-14-11(10)12(13)17/h3-5,9H,6-8H2,1-2H3,(H2,13,17). The molecule has 1 saturated heterocycles. The highest BCUT2D eigenvalue weighted by atomic mass is 32.1. The summed E-state index contributed by atoms with van der Waals surface area (Å²) in [5, 5.41) is 0. The number of aromatic nitrogens is 1. The average molecular weight is 250 g/mol. The van der Waals surface area contributed by atoms with Crippen LogP contribution in [-0.2, 0) is 0 Å². The second kappa shape index (κ2) is 4.98. The van der Waals surface area contributed by atoms with E-state index >= 15 is 0 Å². The lowest BCUT2D eigenvalue weighted by molar-refractivity contribution is 0.275. The smallest absolute Gasteiger partial charge is 0.124 e. The highest BCUT2D eigenvalue weighted by Crippen LogP contribution is 2.22. The van der Waals surface area contributed by atoms with Crippen molar-refractivity contribution in [2.24, 2.45) is 5.73 Å². The summed E-state index contributed by atoms with van der Waals surface area (Å²) in [4.78, 5) is 9.32. The predicted octanol–water partition coefficient (Wildman–Crippen LogP) is 0.856. The van der Waals surface area contributed by atoms with Crippen molar-refractivity contribution in [2.75, 3.05) is 31.6 Å². The second-order valence-electron chi connectivity index (χ2n) is 4.54.